The predicted molar refractivity (Wildman–Crippen MR) is 83.4 cm³/mol. The molecule has 2 aromatic rings. The van der Waals surface area contributed by atoms with Gasteiger partial charge in [0.15, 0.2) is 11.5 Å². The van der Waals surface area contributed by atoms with Gasteiger partial charge in [0.2, 0.25) is 5.95 Å². The normalized spacial score (nSPS) is 10.3. The van der Waals surface area contributed by atoms with E-state index in [4.69, 9.17) is 9.47 Å². The van der Waals surface area contributed by atoms with Crippen molar-refractivity contribution in [3.05, 3.63) is 46.4 Å². The topological polar surface area (TPSA) is 43.4 Å². The molecule has 2 rings (SSSR count). The van der Waals surface area contributed by atoms with Crippen LogP contribution in [0.3, 0.4) is 0 Å². The van der Waals surface area contributed by atoms with Gasteiger partial charge in [-0.1, -0.05) is 0 Å². The van der Waals surface area contributed by atoms with Gasteiger partial charge in [-0.15, -0.1) is 0 Å². The van der Waals surface area contributed by atoms with Gasteiger partial charge in [0, 0.05) is 6.54 Å². The number of rotatable bonds is 6. The summed E-state index contributed by atoms with van der Waals surface area (Å²) in [5.41, 5.74) is 1.76. The summed E-state index contributed by atoms with van der Waals surface area (Å²) >= 11 is 3.48. The molecular weight excluding hydrogens is 339 g/mol. The largest absolute Gasteiger partial charge is 0.493 e. The lowest BCUT2D eigenvalue weighted by atomic mass is 10.2. The zero-order valence-electron chi connectivity index (χ0n) is 11.8. The van der Waals surface area contributed by atoms with Crippen LogP contribution in [0.4, 0.5) is 10.1 Å². The summed E-state index contributed by atoms with van der Waals surface area (Å²) in [5, 5.41) is 3.17. The molecule has 0 fully saturated rings. The maximum Gasteiger partial charge on any atom is 0.212 e. The lowest BCUT2D eigenvalue weighted by Crippen LogP contribution is -2.02. The van der Waals surface area contributed by atoms with Gasteiger partial charge in [-0.3, -0.25) is 0 Å². The molecule has 0 aliphatic carbocycles. The standard InChI is InChI=1S/C15H16BrFN2O2/c1-3-21-15-12(16)6-10(7-13(15)20-2)8-18-11-4-5-14(17)19-9-11/h4-7,9,18H,3,8H2,1-2H3. The number of hydrogen-bond acceptors (Lipinski definition) is 4. The molecule has 1 aromatic carbocycles. The van der Waals surface area contributed by atoms with E-state index in [-0.39, 0.29) is 0 Å². The Balaban J connectivity index is 2.13. The van der Waals surface area contributed by atoms with Gasteiger partial charge in [0.05, 0.1) is 30.1 Å². The van der Waals surface area contributed by atoms with Crippen LogP contribution in [0.1, 0.15) is 12.5 Å². The lowest BCUT2D eigenvalue weighted by Gasteiger charge is -2.14. The summed E-state index contributed by atoms with van der Waals surface area (Å²) in [5.74, 6) is 0.860. The number of nitrogens with one attached hydrogen (secondary N) is 1. The highest BCUT2D eigenvalue weighted by Gasteiger charge is 2.11. The SMILES string of the molecule is CCOc1c(Br)cc(CNc2ccc(F)nc2)cc1OC. The lowest BCUT2D eigenvalue weighted by molar-refractivity contribution is 0.308. The molecule has 0 radical (unpaired) electrons. The molecule has 0 bridgehead atoms. The smallest absolute Gasteiger partial charge is 0.212 e. The Morgan fingerprint density at radius 2 is 2.14 bits per heavy atom. The number of methoxy groups -OCH3 is 1. The van der Waals surface area contributed by atoms with Gasteiger partial charge in [0.1, 0.15) is 0 Å². The molecule has 112 valence electrons. The van der Waals surface area contributed by atoms with Crippen LogP contribution in [0, 0.1) is 5.95 Å². The minimum absolute atomic E-state index is 0.494. The fourth-order valence-electron chi connectivity index (χ4n) is 1.84. The maximum atomic E-state index is 12.7. The number of nitrogens with zero attached hydrogens (tertiary/aromatic N) is 1. The average Bonchev–Trinajstić information content (AvgIpc) is 2.49. The van der Waals surface area contributed by atoms with E-state index in [1.165, 1.54) is 12.3 Å². The Morgan fingerprint density at radius 1 is 1.33 bits per heavy atom. The summed E-state index contributed by atoms with van der Waals surface area (Å²) in [4.78, 5) is 3.60. The van der Waals surface area contributed by atoms with Gasteiger partial charge >= 0.3 is 0 Å². The number of aromatic nitrogens is 1. The third kappa shape index (κ3) is 4.07. The van der Waals surface area contributed by atoms with E-state index in [1.807, 2.05) is 19.1 Å². The van der Waals surface area contributed by atoms with Crippen LogP contribution in [-0.2, 0) is 6.54 Å². The fourth-order valence-corrected chi connectivity index (χ4v) is 2.45. The summed E-state index contributed by atoms with van der Waals surface area (Å²) in [6.45, 7) is 3.05. The second-order valence-corrected chi connectivity index (χ2v) is 5.12. The molecule has 4 nitrogen and oxygen atoms in total. The number of ether oxygens (including phenoxy) is 2. The van der Waals surface area contributed by atoms with Gasteiger partial charge in [-0.05, 0) is 52.7 Å². The summed E-state index contributed by atoms with van der Waals surface area (Å²) in [7, 11) is 1.60. The fraction of sp³-hybridized carbons (Fsp3) is 0.267. The highest BCUT2D eigenvalue weighted by Crippen LogP contribution is 2.36. The van der Waals surface area contributed by atoms with Crippen molar-refractivity contribution in [1.82, 2.24) is 4.98 Å². The highest BCUT2D eigenvalue weighted by atomic mass is 79.9. The molecular formula is C15H16BrFN2O2. The second kappa shape index (κ2) is 7.26. The molecule has 0 aliphatic rings. The van der Waals surface area contributed by atoms with Crippen molar-refractivity contribution in [1.29, 1.82) is 0 Å². The summed E-state index contributed by atoms with van der Waals surface area (Å²) in [6, 6.07) is 6.82. The quantitative estimate of drug-likeness (QED) is 0.796. The van der Waals surface area contributed by atoms with Crippen LogP contribution < -0.4 is 14.8 Å². The van der Waals surface area contributed by atoms with Gasteiger partial charge in [0.25, 0.3) is 0 Å². The molecule has 0 atom stereocenters. The minimum Gasteiger partial charge on any atom is -0.493 e. The first-order chi connectivity index (χ1) is 10.1. The Bertz CT molecular complexity index is 605. The predicted octanol–water partition coefficient (Wildman–Crippen LogP) is 4.00. The number of pyridine rings is 1. The first-order valence-corrected chi connectivity index (χ1v) is 7.28. The van der Waals surface area contributed by atoms with E-state index in [9.17, 15) is 4.39 Å². The highest BCUT2D eigenvalue weighted by molar-refractivity contribution is 9.10. The molecule has 0 saturated carbocycles. The van der Waals surface area contributed by atoms with Crippen molar-refractivity contribution in [3.8, 4) is 11.5 Å². The van der Waals surface area contributed by atoms with E-state index in [0.717, 1.165) is 15.7 Å². The molecule has 1 heterocycles. The van der Waals surface area contributed by atoms with Crippen molar-refractivity contribution in [2.24, 2.45) is 0 Å². The van der Waals surface area contributed by atoms with Crippen LogP contribution in [0.2, 0.25) is 0 Å². The number of benzene rings is 1. The first-order valence-electron chi connectivity index (χ1n) is 6.48. The van der Waals surface area contributed by atoms with E-state index in [0.29, 0.717) is 24.7 Å². The summed E-state index contributed by atoms with van der Waals surface area (Å²) in [6.07, 6.45) is 1.45. The van der Waals surface area contributed by atoms with E-state index in [1.54, 1.807) is 13.2 Å². The van der Waals surface area contributed by atoms with E-state index >= 15 is 0 Å². The molecule has 0 amide bonds. The molecule has 0 saturated heterocycles. The third-order valence-corrected chi connectivity index (χ3v) is 3.39. The van der Waals surface area contributed by atoms with Crippen LogP contribution in [-0.4, -0.2) is 18.7 Å². The first kappa shape index (κ1) is 15.6. The monoisotopic (exact) mass is 354 g/mol. The third-order valence-electron chi connectivity index (χ3n) is 2.80. The average molecular weight is 355 g/mol. The van der Waals surface area contributed by atoms with Crippen LogP contribution in [0.25, 0.3) is 0 Å². The number of halogens is 2. The van der Waals surface area contributed by atoms with E-state index < -0.39 is 5.95 Å². The van der Waals surface area contributed by atoms with Crippen molar-refractivity contribution in [3.63, 3.8) is 0 Å². The summed E-state index contributed by atoms with van der Waals surface area (Å²) < 4.78 is 24.5. The van der Waals surface area contributed by atoms with Crippen LogP contribution >= 0.6 is 15.9 Å². The second-order valence-electron chi connectivity index (χ2n) is 4.27. The van der Waals surface area contributed by atoms with E-state index in [2.05, 4.69) is 26.2 Å². The molecule has 6 heteroatoms. The molecule has 0 aliphatic heterocycles. The number of anilines is 1. The van der Waals surface area contributed by atoms with Gasteiger partial charge in [-0.2, -0.15) is 4.39 Å². The Hall–Kier alpha value is -1.82. The van der Waals surface area contributed by atoms with Crippen molar-refractivity contribution in [2.45, 2.75) is 13.5 Å². The minimum atomic E-state index is -0.494. The Kier molecular flexibility index (Phi) is 5.38. The van der Waals surface area contributed by atoms with Crippen LogP contribution in [0.15, 0.2) is 34.9 Å². The number of hydrogen-bond donors (Lipinski definition) is 1. The molecule has 1 aromatic heterocycles. The maximum absolute atomic E-state index is 12.7. The molecule has 1 N–H and O–H groups in total. The molecule has 21 heavy (non-hydrogen) atoms. The Labute approximate surface area is 131 Å². The molecule has 0 spiro atoms. The molecule has 0 unspecified atom stereocenters. The zero-order valence-corrected chi connectivity index (χ0v) is 13.4. The van der Waals surface area contributed by atoms with Gasteiger partial charge in [-0.25, -0.2) is 4.98 Å². The van der Waals surface area contributed by atoms with Crippen molar-refractivity contribution in [2.75, 3.05) is 19.0 Å². The van der Waals surface area contributed by atoms with Crippen LogP contribution in [0.5, 0.6) is 11.5 Å². The Morgan fingerprint density at radius 3 is 2.76 bits per heavy atom. The zero-order chi connectivity index (χ0) is 15.2. The van der Waals surface area contributed by atoms with Gasteiger partial charge < -0.3 is 14.8 Å². The van der Waals surface area contributed by atoms with Crippen molar-refractivity contribution >= 4 is 21.6 Å². The van der Waals surface area contributed by atoms with Crippen molar-refractivity contribution < 1.29 is 13.9 Å².